The smallest absolute Gasteiger partial charge is 0.318 e. The molecule has 1 aromatic rings. The Hall–Kier alpha value is -2.24. The summed E-state index contributed by atoms with van der Waals surface area (Å²) in [6.07, 6.45) is 0.544. The molecule has 0 saturated carbocycles. The molecule has 1 heterocycles. The molecule has 21 heavy (non-hydrogen) atoms. The number of carbonyl (C=O) groups is 1. The summed E-state index contributed by atoms with van der Waals surface area (Å²) in [4.78, 5) is 18.8. The molecule has 0 aliphatic carbocycles. The molecule has 1 amide bonds. The van der Waals surface area contributed by atoms with Crippen molar-refractivity contribution in [2.75, 3.05) is 18.5 Å². The highest BCUT2D eigenvalue weighted by Crippen LogP contribution is 2.14. The molecule has 0 radical (unpaired) electrons. The molecule has 0 saturated heterocycles. The number of ether oxygens (including phenoxy) is 1. The van der Waals surface area contributed by atoms with Gasteiger partial charge in [-0.15, -0.1) is 0 Å². The maximum Gasteiger partial charge on any atom is 0.318 e. The zero-order valence-corrected chi connectivity index (χ0v) is 12.3. The third-order valence-corrected chi connectivity index (χ3v) is 2.35. The fourth-order valence-electron chi connectivity index (χ4n) is 1.38. The Morgan fingerprint density at radius 1 is 1.57 bits per heavy atom. The van der Waals surface area contributed by atoms with Crippen LogP contribution >= 0.6 is 0 Å². The van der Waals surface area contributed by atoms with Gasteiger partial charge in [0.2, 0.25) is 5.91 Å². The van der Waals surface area contributed by atoms with Crippen molar-refractivity contribution in [1.82, 2.24) is 15.3 Å². The highest BCUT2D eigenvalue weighted by molar-refractivity contribution is 5.88. The molecule has 8 nitrogen and oxygen atoms in total. The average molecular weight is 293 g/mol. The van der Waals surface area contributed by atoms with Crippen molar-refractivity contribution in [2.24, 2.45) is 0 Å². The molecule has 0 fully saturated rings. The molecular weight excluding hydrogens is 274 g/mol. The van der Waals surface area contributed by atoms with Crippen LogP contribution in [0.4, 0.5) is 5.82 Å². The van der Waals surface area contributed by atoms with Crippen LogP contribution in [-0.2, 0) is 4.79 Å². The predicted molar refractivity (Wildman–Crippen MR) is 75.7 cm³/mol. The summed E-state index contributed by atoms with van der Waals surface area (Å²) < 4.78 is 5.25. The Kier molecular flexibility index (Phi) is 6.52. The molecule has 3 N–H and O–H groups in total. The van der Waals surface area contributed by atoms with Crippen LogP contribution in [0.1, 0.15) is 26.3 Å². The number of carbonyl (C=O) groups excluding carboxylic acids is 1. The van der Waals surface area contributed by atoms with Crippen molar-refractivity contribution in [3.05, 3.63) is 11.8 Å². The molecule has 0 aliphatic heterocycles. The molecule has 1 aromatic heterocycles. The van der Waals surface area contributed by atoms with Gasteiger partial charge < -0.3 is 20.5 Å². The fraction of sp³-hybridized carbons (Fsp3) is 0.538. The normalized spacial score (nSPS) is 11.8. The fourth-order valence-corrected chi connectivity index (χ4v) is 1.38. The van der Waals surface area contributed by atoms with E-state index < -0.39 is 6.10 Å². The lowest BCUT2D eigenvalue weighted by atomic mass is 10.3. The molecule has 114 valence electrons. The number of aliphatic hydroxyl groups excluding tert-OH is 1. The molecule has 1 unspecified atom stereocenters. The maximum absolute atomic E-state index is 11.0. The van der Waals surface area contributed by atoms with Crippen molar-refractivity contribution in [3.63, 3.8) is 0 Å². The van der Waals surface area contributed by atoms with Gasteiger partial charge in [0.25, 0.3) is 0 Å². The van der Waals surface area contributed by atoms with Crippen molar-refractivity contribution < 1.29 is 14.6 Å². The second kappa shape index (κ2) is 8.14. The molecule has 0 bridgehead atoms. The summed E-state index contributed by atoms with van der Waals surface area (Å²) >= 11 is 0. The quantitative estimate of drug-likeness (QED) is 0.649. The van der Waals surface area contributed by atoms with Gasteiger partial charge in [-0.3, -0.25) is 4.79 Å². The van der Waals surface area contributed by atoms with Crippen LogP contribution in [0.15, 0.2) is 6.20 Å². The number of aliphatic hydroxyl groups is 1. The van der Waals surface area contributed by atoms with Gasteiger partial charge in [0.05, 0.1) is 6.20 Å². The first-order chi connectivity index (χ1) is 9.92. The number of nitrogens with one attached hydrogen (secondary N) is 2. The minimum absolute atomic E-state index is 0.00509. The largest absolute Gasteiger partial charge is 0.461 e. The Labute approximate surface area is 123 Å². The lowest BCUT2D eigenvalue weighted by Crippen LogP contribution is -2.35. The molecule has 0 spiro atoms. The van der Waals surface area contributed by atoms with E-state index in [1.54, 1.807) is 0 Å². The number of aromatic nitrogens is 2. The van der Waals surface area contributed by atoms with E-state index in [4.69, 9.17) is 10.00 Å². The van der Waals surface area contributed by atoms with Crippen LogP contribution in [0.25, 0.3) is 0 Å². The molecule has 8 heteroatoms. The highest BCUT2D eigenvalue weighted by atomic mass is 16.5. The van der Waals surface area contributed by atoms with Crippen molar-refractivity contribution in [3.8, 4) is 12.1 Å². The molecule has 1 atom stereocenters. The third kappa shape index (κ3) is 6.16. The molecule has 1 rings (SSSR count). The van der Waals surface area contributed by atoms with Crippen LogP contribution in [0.2, 0.25) is 0 Å². The van der Waals surface area contributed by atoms with Gasteiger partial charge in [-0.1, -0.05) is 13.8 Å². The summed E-state index contributed by atoms with van der Waals surface area (Å²) in [6.45, 7) is 5.64. The van der Waals surface area contributed by atoms with Gasteiger partial charge in [-0.2, -0.15) is 10.2 Å². The Morgan fingerprint density at radius 2 is 2.29 bits per heavy atom. The lowest BCUT2D eigenvalue weighted by Gasteiger charge is -2.14. The van der Waals surface area contributed by atoms with E-state index in [0.29, 0.717) is 6.54 Å². The summed E-state index contributed by atoms with van der Waals surface area (Å²) in [5.74, 6) is -0.262. The van der Waals surface area contributed by atoms with E-state index >= 15 is 0 Å². The third-order valence-electron chi connectivity index (χ3n) is 2.35. The van der Waals surface area contributed by atoms with E-state index in [9.17, 15) is 9.90 Å². The minimum atomic E-state index is -0.712. The van der Waals surface area contributed by atoms with E-state index in [1.165, 1.54) is 13.1 Å². The lowest BCUT2D eigenvalue weighted by molar-refractivity contribution is -0.114. The molecular formula is C13H19N5O3. The summed E-state index contributed by atoms with van der Waals surface area (Å²) in [7, 11) is 0. The van der Waals surface area contributed by atoms with Gasteiger partial charge in [0, 0.05) is 19.5 Å². The summed E-state index contributed by atoms with van der Waals surface area (Å²) in [5, 5.41) is 24.1. The van der Waals surface area contributed by atoms with Crippen LogP contribution in [0, 0.1) is 11.3 Å². The first-order valence-electron chi connectivity index (χ1n) is 6.51. The minimum Gasteiger partial charge on any atom is -0.461 e. The number of nitriles is 1. The van der Waals surface area contributed by atoms with E-state index in [-0.39, 0.29) is 35.9 Å². The zero-order chi connectivity index (χ0) is 15.8. The number of hydrogen-bond acceptors (Lipinski definition) is 7. The van der Waals surface area contributed by atoms with E-state index in [1.807, 2.05) is 19.9 Å². The van der Waals surface area contributed by atoms with Crippen LogP contribution < -0.4 is 15.4 Å². The van der Waals surface area contributed by atoms with Crippen molar-refractivity contribution in [1.29, 1.82) is 5.26 Å². The van der Waals surface area contributed by atoms with Crippen molar-refractivity contribution >= 4 is 11.7 Å². The topological polar surface area (TPSA) is 120 Å². The van der Waals surface area contributed by atoms with E-state index in [0.717, 1.165) is 0 Å². The van der Waals surface area contributed by atoms with Crippen LogP contribution in [-0.4, -0.2) is 46.3 Å². The Bertz CT molecular complexity index is 527. The second-order valence-electron chi connectivity index (χ2n) is 4.74. The highest BCUT2D eigenvalue weighted by Gasteiger charge is 2.11. The molecule has 0 aliphatic rings. The summed E-state index contributed by atoms with van der Waals surface area (Å²) in [6, 6.07) is 2.12. The Morgan fingerprint density at radius 3 is 2.86 bits per heavy atom. The van der Waals surface area contributed by atoms with Gasteiger partial charge in [-0.05, 0) is 0 Å². The maximum atomic E-state index is 11.0. The average Bonchev–Trinajstić information content (AvgIpc) is 2.42. The number of hydrogen-bond donors (Lipinski definition) is 3. The number of amides is 1. The zero-order valence-electron chi connectivity index (χ0n) is 12.3. The predicted octanol–water partition coefficient (Wildman–Crippen LogP) is 0.0444. The van der Waals surface area contributed by atoms with Gasteiger partial charge >= 0.3 is 6.01 Å². The first kappa shape index (κ1) is 16.8. The number of anilines is 1. The molecule has 0 aromatic carbocycles. The van der Waals surface area contributed by atoms with Gasteiger partial charge in [0.15, 0.2) is 5.82 Å². The Balaban J connectivity index is 2.63. The van der Waals surface area contributed by atoms with Gasteiger partial charge in [-0.25, -0.2) is 4.98 Å². The van der Waals surface area contributed by atoms with E-state index in [2.05, 4.69) is 20.6 Å². The second-order valence-corrected chi connectivity index (χ2v) is 4.74. The first-order valence-corrected chi connectivity index (χ1v) is 6.51. The summed E-state index contributed by atoms with van der Waals surface area (Å²) in [5.41, 5.74) is 0.138. The number of nitrogens with zero attached hydrogens (tertiary/aromatic N) is 3. The number of rotatable bonds is 7. The van der Waals surface area contributed by atoms with Crippen LogP contribution in [0.3, 0.4) is 0 Å². The standard InChI is InChI=1S/C13H19N5O3/c1-8(2)15-6-11(20)7-21-13-16-5-10(4-14)12(18-13)17-9(3)19/h5,8,11,15,20H,6-7H2,1-3H3,(H,16,17,18,19). The van der Waals surface area contributed by atoms with Crippen molar-refractivity contribution in [2.45, 2.75) is 32.9 Å². The van der Waals surface area contributed by atoms with Gasteiger partial charge in [0.1, 0.15) is 24.3 Å². The monoisotopic (exact) mass is 293 g/mol. The van der Waals surface area contributed by atoms with Crippen LogP contribution in [0.5, 0.6) is 6.01 Å². The SMILES string of the molecule is CC(=O)Nc1nc(OCC(O)CNC(C)C)ncc1C#N.